The average molecular weight is 433 g/mol. The van der Waals surface area contributed by atoms with Crippen LogP contribution >= 0.6 is 0 Å². The minimum atomic E-state index is -3.57. The predicted octanol–water partition coefficient (Wildman–Crippen LogP) is 2.88. The molecule has 2 aromatic carbocycles. The van der Waals surface area contributed by atoms with E-state index in [4.69, 9.17) is 9.47 Å². The number of amides is 1. The Kier molecular flexibility index (Phi) is 6.38. The van der Waals surface area contributed by atoms with E-state index < -0.39 is 15.6 Å². The predicted molar refractivity (Wildman–Crippen MR) is 115 cm³/mol. The lowest BCUT2D eigenvalue weighted by atomic mass is 9.89. The summed E-state index contributed by atoms with van der Waals surface area (Å²) < 4.78 is 37.0. The quantitative estimate of drug-likeness (QED) is 0.727. The van der Waals surface area contributed by atoms with Crippen LogP contribution in [0, 0.1) is 0 Å². The SMILES string of the molecule is COc1ccc2c(c1)C(NC(=O)CN(Cc1ccccc1)S(C)(=O)=O)CC(C)(C)O2. The fourth-order valence-electron chi connectivity index (χ4n) is 3.57. The van der Waals surface area contributed by atoms with Gasteiger partial charge in [-0.1, -0.05) is 30.3 Å². The number of carbonyl (C=O) groups is 1. The number of nitrogens with one attached hydrogen (secondary N) is 1. The van der Waals surface area contributed by atoms with Gasteiger partial charge in [0.05, 0.1) is 26.0 Å². The minimum absolute atomic E-state index is 0.136. The van der Waals surface area contributed by atoms with Crippen LogP contribution in [-0.4, -0.2) is 44.1 Å². The summed E-state index contributed by atoms with van der Waals surface area (Å²) in [6.07, 6.45) is 1.66. The maximum Gasteiger partial charge on any atom is 0.235 e. The molecule has 0 radical (unpaired) electrons. The van der Waals surface area contributed by atoms with Crippen molar-refractivity contribution in [2.45, 2.75) is 38.5 Å². The number of hydrogen-bond donors (Lipinski definition) is 1. The third-order valence-electron chi connectivity index (χ3n) is 5.00. The van der Waals surface area contributed by atoms with E-state index in [-0.39, 0.29) is 25.0 Å². The normalized spacial score (nSPS) is 17.7. The minimum Gasteiger partial charge on any atom is -0.497 e. The van der Waals surface area contributed by atoms with E-state index in [2.05, 4.69) is 5.32 Å². The van der Waals surface area contributed by atoms with Crippen molar-refractivity contribution in [3.8, 4) is 11.5 Å². The van der Waals surface area contributed by atoms with Crippen molar-refractivity contribution in [3.05, 3.63) is 59.7 Å². The van der Waals surface area contributed by atoms with Crippen LogP contribution in [0.3, 0.4) is 0 Å². The molecule has 0 aromatic heterocycles. The smallest absolute Gasteiger partial charge is 0.235 e. The number of sulfonamides is 1. The molecule has 1 N–H and O–H groups in total. The first-order chi connectivity index (χ1) is 14.1. The molecule has 0 aliphatic carbocycles. The van der Waals surface area contributed by atoms with Crippen LogP contribution in [0.5, 0.6) is 11.5 Å². The van der Waals surface area contributed by atoms with Gasteiger partial charge in [0.2, 0.25) is 15.9 Å². The summed E-state index contributed by atoms with van der Waals surface area (Å²) in [6, 6.07) is 14.4. The molecule has 7 nitrogen and oxygen atoms in total. The molecule has 0 fully saturated rings. The molecular formula is C22H28N2O5S. The van der Waals surface area contributed by atoms with E-state index in [9.17, 15) is 13.2 Å². The highest BCUT2D eigenvalue weighted by Crippen LogP contribution is 2.41. The molecular weight excluding hydrogens is 404 g/mol. The van der Waals surface area contributed by atoms with E-state index in [1.54, 1.807) is 7.11 Å². The van der Waals surface area contributed by atoms with Crippen LogP contribution < -0.4 is 14.8 Å². The first-order valence-corrected chi connectivity index (χ1v) is 11.6. The number of hydrogen-bond acceptors (Lipinski definition) is 5. The summed E-state index contributed by atoms with van der Waals surface area (Å²) in [6.45, 7) is 3.79. The zero-order valence-corrected chi connectivity index (χ0v) is 18.5. The molecule has 0 saturated heterocycles. The Bertz CT molecular complexity index is 1010. The number of ether oxygens (including phenoxy) is 2. The maximum atomic E-state index is 12.8. The largest absolute Gasteiger partial charge is 0.497 e. The van der Waals surface area contributed by atoms with Crippen molar-refractivity contribution in [2.75, 3.05) is 19.9 Å². The number of fused-ring (bicyclic) bond motifs is 1. The number of carbonyl (C=O) groups excluding carboxylic acids is 1. The van der Waals surface area contributed by atoms with Crippen molar-refractivity contribution in [1.82, 2.24) is 9.62 Å². The Labute approximate surface area is 178 Å². The van der Waals surface area contributed by atoms with Gasteiger partial charge in [-0.2, -0.15) is 4.31 Å². The van der Waals surface area contributed by atoms with Crippen LogP contribution in [-0.2, 0) is 21.4 Å². The van der Waals surface area contributed by atoms with Crippen molar-refractivity contribution >= 4 is 15.9 Å². The Morgan fingerprint density at radius 1 is 1.23 bits per heavy atom. The zero-order valence-electron chi connectivity index (χ0n) is 17.7. The number of methoxy groups -OCH3 is 1. The summed E-state index contributed by atoms with van der Waals surface area (Å²) in [7, 11) is -1.99. The molecule has 8 heteroatoms. The van der Waals surface area contributed by atoms with Crippen molar-refractivity contribution in [1.29, 1.82) is 0 Å². The third-order valence-corrected chi connectivity index (χ3v) is 6.20. The lowest BCUT2D eigenvalue weighted by Gasteiger charge is -2.38. The summed E-state index contributed by atoms with van der Waals surface area (Å²) in [5.74, 6) is 0.979. The number of rotatable bonds is 7. The number of nitrogens with zero attached hydrogens (tertiary/aromatic N) is 1. The highest BCUT2D eigenvalue weighted by molar-refractivity contribution is 7.88. The van der Waals surface area contributed by atoms with Crippen molar-refractivity contribution < 1.29 is 22.7 Å². The summed E-state index contributed by atoms with van der Waals surface area (Å²) in [5, 5.41) is 2.99. The van der Waals surface area contributed by atoms with Gasteiger partial charge in [-0.05, 0) is 37.6 Å². The molecule has 1 aliphatic rings. The van der Waals surface area contributed by atoms with Gasteiger partial charge < -0.3 is 14.8 Å². The molecule has 2 aromatic rings. The molecule has 0 saturated carbocycles. The lowest BCUT2D eigenvalue weighted by molar-refractivity contribution is -0.122. The fourth-order valence-corrected chi connectivity index (χ4v) is 4.30. The zero-order chi connectivity index (χ0) is 21.9. The van der Waals surface area contributed by atoms with Gasteiger partial charge in [-0.3, -0.25) is 4.79 Å². The van der Waals surface area contributed by atoms with Gasteiger partial charge in [-0.25, -0.2) is 8.42 Å². The Balaban J connectivity index is 1.78. The third kappa shape index (κ3) is 5.52. The molecule has 162 valence electrons. The molecule has 0 bridgehead atoms. The Morgan fingerprint density at radius 3 is 2.57 bits per heavy atom. The first kappa shape index (κ1) is 22.1. The lowest BCUT2D eigenvalue weighted by Crippen LogP contribution is -2.45. The van der Waals surface area contributed by atoms with E-state index in [1.165, 1.54) is 4.31 Å². The second kappa shape index (κ2) is 8.65. The van der Waals surface area contributed by atoms with Gasteiger partial charge in [0, 0.05) is 18.5 Å². The van der Waals surface area contributed by atoms with Gasteiger partial charge in [0.25, 0.3) is 0 Å². The Hall–Kier alpha value is -2.58. The van der Waals surface area contributed by atoms with E-state index in [1.807, 2.05) is 62.4 Å². The Morgan fingerprint density at radius 2 is 1.93 bits per heavy atom. The van der Waals surface area contributed by atoms with Crippen LogP contribution in [0.25, 0.3) is 0 Å². The van der Waals surface area contributed by atoms with Crippen LogP contribution in [0.15, 0.2) is 48.5 Å². The summed E-state index contributed by atoms with van der Waals surface area (Å²) >= 11 is 0. The van der Waals surface area contributed by atoms with Crippen LogP contribution in [0.2, 0.25) is 0 Å². The second-order valence-corrected chi connectivity index (χ2v) is 10.1. The number of benzene rings is 2. The standard InChI is InChI=1S/C22H28N2O5S/c1-22(2)13-19(18-12-17(28-3)10-11-20(18)29-22)23-21(25)15-24(30(4,26)27)14-16-8-6-5-7-9-16/h5-12,19H,13-15H2,1-4H3,(H,23,25). The van der Waals surface area contributed by atoms with E-state index in [0.717, 1.165) is 17.4 Å². The van der Waals surface area contributed by atoms with Gasteiger partial charge in [0.1, 0.15) is 17.1 Å². The molecule has 1 heterocycles. The highest BCUT2D eigenvalue weighted by Gasteiger charge is 2.35. The van der Waals surface area contributed by atoms with Crippen LogP contribution in [0.4, 0.5) is 0 Å². The average Bonchev–Trinajstić information content (AvgIpc) is 2.66. The van der Waals surface area contributed by atoms with E-state index in [0.29, 0.717) is 17.9 Å². The van der Waals surface area contributed by atoms with Crippen molar-refractivity contribution in [2.24, 2.45) is 0 Å². The molecule has 30 heavy (non-hydrogen) atoms. The molecule has 1 amide bonds. The van der Waals surface area contributed by atoms with E-state index >= 15 is 0 Å². The highest BCUT2D eigenvalue weighted by atomic mass is 32.2. The van der Waals surface area contributed by atoms with Crippen LogP contribution in [0.1, 0.15) is 37.4 Å². The van der Waals surface area contributed by atoms with Gasteiger partial charge in [-0.15, -0.1) is 0 Å². The topological polar surface area (TPSA) is 84.9 Å². The first-order valence-electron chi connectivity index (χ1n) is 9.73. The molecule has 0 spiro atoms. The second-order valence-electron chi connectivity index (χ2n) is 8.11. The molecule has 1 aliphatic heterocycles. The van der Waals surface area contributed by atoms with Gasteiger partial charge >= 0.3 is 0 Å². The molecule has 1 unspecified atom stereocenters. The monoisotopic (exact) mass is 432 g/mol. The summed E-state index contributed by atoms with van der Waals surface area (Å²) in [4.78, 5) is 12.8. The van der Waals surface area contributed by atoms with Crippen molar-refractivity contribution in [3.63, 3.8) is 0 Å². The molecule has 3 rings (SSSR count). The fraction of sp³-hybridized carbons (Fsp3) is 0.409. The molecule has 1 atom stereocenters. The summed E-state index contributed by atoms with van der Waals surface area (Å²) in [5.41, 5.74) is 1.16. The van der Waals surface area contributed by atoms with Gasteiger partial charge in [0.15, 0.2) is 0 Å². The maximum absolute atomic E-state index is 12.8.